The number of Topliss-reactive ketones (excluding diaryl/α,β-unsaturated/α-hetero) is 2. The lowest BCUT2D eigenvalue weighted by atomic mass is 9.67. The van der Waals surface area contributed by atoms with Crippen LogP contribution in [0.15, 0.2) is 121 Å². The summed E-state index contributed by atoms with van der Waals surface area (Å²) in [6.07, 6.45) is -5.16. The minimum absolute atomic E-state index is 0.0475. The first kappa shape index (κ1) is 39.0. The largest absolute Gasteiger partial charge is 0.402 e. The van der Waals surface area contributed by atoms with Gasteiger partial charge in [-0.2, -0.15) is 13.2 Å². The molecule has 3 heterocycles. The van der Waals surface area contributed by atoms with Crippen molar-refractivity contribution in [3.05, 3.63) is 199 Å². The van der Waals surface area contributed by atoms with Gasteiger partial charge in [0.15, 0.2) is 11.6 Å². The summed E-state index contributed by atoms with van der Waals surface area (Å²) in [5.41, 5.74) is 1.90. The molecule has 0 aromatic heterocycles. The molecule has 1 unspecified atom stereocenters. The van der Waals surface area contributed by atoms with Crippen LogP contribution in [0.4, 0.5) is 13.2 Å². The van der Waals surface area contributed by atoms with E-state index in [1.54, 1.807) is 24.3 Å². The summed E-state index contributed by atoms with van der Waals surface area (Å²) in [6, 6.07) is 32.8. The summed E-state index contributed by atoms with van der Waals surface area (Å²) in [5, 5.41) is 0. The van der Waals surface area contributed by atoms with Gasteiger partial charge >= 0.3 is 42.0 Å². The summed E-state index contributed by atoms with van der Waals surface area (Å²) in [6.45, 7) is 0.916. The standard InChI is InChI=1S/C29H14O6.C20H11F3O5/c30-25-19-11-9-15(13-21(19)27(32)34-25)29(16-10-12-20-22(14-16)28(33)35-26(20)31)23-7-3-1-5-17(23)18-6-2-4-8-24(18)29;1-19(20(21,22)23,9-2-4-11-13(6-9)16(25)8-15(11)24)10-3-5-12-14(7-10)18(27)28-17(12)26/h1-14H;2-7H,8H2,1H3. The van der Waals surface area contributed by atoms with Crippen LogP contribution >= 0.6 is 0 Å². The number of ether oxygens (including phenoxy) is 3. The first-order valence-corrected chi connectivity index (χ1v) is 19.2. The fourth-order valence-corrected chi connectivity index (χ4v) is 9.22. The Balaban J connectivity index is 0.000000154. The molecule has 3 aliphatic heterocycles. The van der Waals surface area contributed by atoms with Gasteiger partial charge in [0, 0.05) is 11.1 Å². The molecule has 0 bridgehead atoms. The third kappa shape index (κ3) is 5.46. The smallest absolute Gasteiger partial charge is 0.386 e. The van der Waals surface area contributed by atoms with Crippen molar-refractivity contribution in [3.63, 3.8) is 0 Å². The number of benzene rings is 6. The third-order valence-corrected chi connectivity index (χ3v) is 12.4. The number of halogens is 3. The van der Waals surface area contributed by atoms with Crippen molar-refractivity contribution >= 4 is 47.4 Å². The lowest BCUT2D eigenvalue weighted by Gasteiger charge is -2.34. The summed E-state index contributed by atoms with van der Waals surface area (Å²) in [4.78, 5) is 96.3. The molecule has 0 spiro atoms. The highest BCUT2D eigenvalue weighted by atomic mass is 19.4. The molecule has 6 aromatic carbocycles. The highest BCUT2D eigenvalue weighted by molar-refractivity contribution is 6.24. The maximum atomic E-state index is 14.2. The molecule has 308 valence electrons. The Morgan fingerprint density at radius 2 is 0.778 bits per heavy atom. The Morgan fingerprint density at radius 1 is 0.413 bits per heavy atom. The van der Waals surface area contributed by atoms with Gasteiger partial charge in [-0.15, -0.1) is 0 Å². The van der Waals surface area contributed by atoms with Crippen LogP contribution in [0.5, 0.6) is 0 Å². The fourth-order valence-electron chi connectivity index (χ4n) is 9.22. The number of ketones is 2. The highest BCUT2D eigenvalue weighted by Crippen LogP contribution is 2.57. The second-order valence-electron chi connectivity index (χ2n) is 15.6. The van der Waals surface area contributed by atoms with Crippen molar-refractivity contribution in [1.82, 2.24) is 0 Å². The number of carbonyl (C=O) groups excluding carboxylic acids is 8. The van der Waals surface area contributed by atoms with Gasteiger partial charge in [-0.3, -0.25) is 9.59 Å². The molecule has 63 heavy (non-hydrogen) atoms. The third-order valence-electron chi connectivity index (χ3n) is 12.4. The first-order chi connectivity index (χ1) is 30.0. The number of hydrogen-bond acceptors (Lipinski definition) is 11. The molecule has 14 heteroatoms. The molecular formula is C49H25F3O11. The van der Waals surface area contributed by atoms with Crippen molar-refractivity contribution in [2.24, 2.45) is 0 Å². The van der Waals surface area contributed by atoms with Crippen molar-refractivity contribution in [3.8, 4) is 11.1 Å². The van der Waals surface area contributed by atoms with Gasteiger partial charge in [-0.25, -0.2) is 28.8 Å². The van der Waals surface area contributed by atoms with E-state index in [-0.39, 0.29) is 62.1 Å². The molecule has 0 saturated carbocycles. The zero-order valence-electron chi connectivity index (χ0n) is 32.4. The summed E-state index contributed by atoms with van der Waals surface area (Å²) in [5.74, 6) is -5.61. The van der Waals surface area contributed by atoms with Gasteiger partial charge < -0.3 is 14.2 Å². The van der Waals surface area contributed by atoms with Crippen LogP contribution in [-0.2, 0) is 25.0 Å². The van der Waals surface area contributed by atoms with Gasteiger partial charge in [-0.05, 0) is 93.9 Å². The predicted octanol–water partition coefficient (Wildman–Crippen LogP) is 8.31. The topological polar surface area (TPSA) is 164 Å². The molecule has 11 nitrogen and oxygen atoms in total. The summed E-state index contributed by atoms with van der Waals surface area (Å²) < 4.78 is 56.7. The second kappa shape index (κ2) is 13.4. The number of alkyl halides is 3. The van der Waals surface area contributed by atoms with Gasteiger partial charge in [0.25, 0.3) is 0 Å². The molecule has 0 radical (unpaired) electrons. The number of rotatable bonds is 4. The summed E-state index contributed by atoms with van der Waals surface area (Å²) >= 11 is 0. The van der Waals surface area contributed by atoms with Crippen LogP contribution in [0.25, 0.3) is 11.1 Å². The Bertz CT molecular complexity index is 2990. The predicted molar refractivity (Wildman–Crippen MR) is 212 cm³/mol. The maximum Gasteiger partial charge on any atom is 0.402 e. The first-order valence-electron chi connectivity index (χ1n) is 19.2. The Hall–Kier alpha value is -8.13. The number of carbonyl (C=O) groups is 8. The van der Waals surface area contributed by atoms with E-state index in [0.717, 1.165) is 70.6 Å². The minimum Gasteiger partial charge on any atom is -0.386 e. The van der Waals surface area contributed by atoms with Crippen LogP contribution in [0, 0.1) is 0 Å². The molecule has 0 fully saturated rings. The van der Waals surface area contributed by atoms with Crippen LogP contribution in [-0.4, -0.2) is 53.6 Å². The lowest BCUT2D eigenvalue weighted by molar-refractivity contribution is -0.173. The second-order valence-corrected chi connectivity index (χ2v) is 15.6. The van der Waals surface area contributed by atoms with Crippen molar-refractivity contribution in [2.75, 3.05) is 0 Å². The van der Waals surface area contributed by atoms with Crippen LogP contribution < -0.4 is 0 Å². The molecule has 0 N–H and O–H groups in total. The van der Waals surface area contributed by atoms with Gasteiger partial charge in [0.2, 0.25) is 0 Å². The minimum atomic E-state index is -4.80. The van der Waals surface area contributed by atoms with E-state index >= 15 is 0 Å². The molecule has 2 aliphatic carbocycles. The average molecular weight is 847 g/mol. The molecule has 0 amide bonds. The average Bonchev–Trinajstić information content (AvgIpc) is 4.01. The quantitative estimate of drug-likeness (QED) is 0.0951. The van der Waals surface area contributed by atoms with E-state index in [0.29, 0.717) is 0 Å². The SMILES string of the molecule is CC(c1ccc2c(c1)C(=O)CC2=O)(c1ccc2c(c1)C(=O)OC2=O)C(F)(F)F.O=C1OC(=O)c2cc(C3(c4ccc5c(c4)C(=O)OC5=O)c4ccccc4-c4ccccc43)ccc21. The van der Waals surface area contributed by atoms with E-state index in [4.69, 9.17) is 9.47 Å². The Kier molecular flexibility index (Phi) is 8.32. The fraction of sp³-hybridized carbons (Fsp3) is 0.102. The number of fused-ring (bicyclic) bond motifs is 7. The van der Waals surface area contributed by atoms with E-state index in [1.165, 1.54) is 6.07 Å². The molecule has 1 atom stereocenters. The van der Waals surface area contributed by atoms with Gasteiger partial charge in [0.1, 0.15) is 5.41 Å². The monoisotopic (exact) mass is 846 g/mol. The van der Waals surface area contributed by atoms with Crippen molar-refractivity contribution in [1.29, 1.82) is 0 Å². The lowest BCUT2D eigenvalue weighted by Crippen LogP contribution is -2.41. The molecule has 6 aromatic rings. The van der Waals surface area contributed by atoms with Gasteiger partial charge in [-0.1, -0.05) is 78.9 Å². The van der Waals surface area contributed by atoms with Crippen molar-refractivity contribution in [2.45, 2.75) is 30.4 Å². The van der Waals surface area contributed by atoms with Gasteiger partial charge in [0.05, 0.1) is 45.2 Å². The van der Waals surface area contributed by atoms with Crippen molar-refractivity contribution < 1.29 is 65.7 Å². The van der Waals surface area contributed by atoms with E-state index in [9.17, 15) is 51.5 Å². The van der Waals surface area contributed by atoms with Crippen LogP contribution in [0.3, 0.4) is 0 Å². The molecular weight excluding hydrogens is 822 g/mol. The Labute approximate surface area is 353 Å². The molecule has 5 aliphatic rings. The highest BCUT2D eigenvalue weighted by Gasteiger charge is 2.55. The maximum absolute atomic E-state index is 14.2. The normalized spacial score (nSPS) is 17.1. The van der Waals surface area contributed by atoms with E-state index in [2.05, 4.69) is 4.74 Å². The molecule has 0 saturated heterocycles. The number of cyclic esters (lactones) is 6. The van der Waals surface area contributed by atoms with Crippen LogP contribution in [0.2, 0.25) is 0 Å². The summed E-state index contributed by atoms with van der Waals surface area (Å²) in [7, 11) is 0. The Morgan fingerprint density at radius 3 is 1.24 bits per heavy atom. The van der Waals surface area contributed by atoms with E-state index < -0.39 is 64.4 Å². The number of esters is 6. The van der Waals surface area contributed by atoms with Crippen LogP contribution in [0.1, 0.15) is 130 Å². The van der Waals surface area contributed by atoms with E-state index in [1.807, 2.05) is 60.7 Å². The zero-order chi connectivity index (χ0) is 44.3. The molecule has 11 rings (SSSR count). The number of hydrogen-bond donors (Lipinski definition) is 0. The zero-order valence-corrected chi connectivity index (χ0v) is 32.4.